The van der Waals surface area contributed by atoms with E-state index < -0.39 is 18.1 Å². The van der Waals surface area contributed by atoms with E-state index in [0.717, 1.165) is 6.92 Å². The Morgan fingerprint density at radius 3 is 2.46 bits per heavy atom. The largest absolute Gasteiger partial charge is 0.446 e. The van der Waals surface area contributed by atoms with Gasteiger partial charge in [-0.3, -0.25) is 0 Å². The molecule has 13 heavy (non-hydrogen) atoms. The number of rotatable bonds is 5. The molecule has 0 aliphatic carbocycles. The molecule has 0 heterocycles. The number of carbonyl (C=O) groups excluding carboxylic acids is 1. The van der Waals surface area contributed by atoms with Gasteiger partial charge in [-0.1, -0.05) is 6.92 Å². The third-order valence-corrected chi connectivity index (χ3v) is 1.64. The molecule has 2 N–H and O–H groups in total. The fourth-order valence-electron chi connectivity index (χ4n) is 0.925. The van der Waals surface area contributed by atoms with Gasteiger partial charge in [0.25, 0.3) is 0 Å². The third-order valence-electron chi connectivity index (χ3n) is 1.64. The summed E-state index contributed by atoms with van der Waals surface area (Å²) in [5.41, 5.74) is 4.76. The van der Waals surface area contributed by atoms with Gasteiger partial charge in [-0.15, -0.1) is 0 Å². The van der Waals surface area contributed by atoms with E-state index in [1.54, 1.807) is 6.92 Å². The quantitative estimate of drug-likeness (QED) is 0.731. The molecule has 0 aromatic rings. The van der Waals surface area contributed by atoms with Gasteiger partial charge in [0.1, 0.15) is 6.10 Å². The molecule has 0 aliphatic heterocycles. The molecule has 0 aromatic carbocycles. The van der Waals surface area contributed by atoms with Gasteiger partial charge < -0.3 is 10.5 Å². The van der Waals surface area contributed by atoms with Crippen LogP contribution in [0.3, 0.4) is 0 Å². The Morgan fingerprint density at radius 2 is 2.15 bits per heavy atom. The van der Waals surface area contributed by atoms with Crippen molar-refractivity contribution in [2.24, 2.45) is 5.73 Å². The minimum atomic E-state index is -2.71. The summed E-state index contributed by atoms with van der Waals surface area (Å²) in [4.78, 5) is 10.3. The summed E-state index contributed by atoms with van der Waals surface area (Å²) in [6, 6.07) is 0. The van der Waals surface area contributed by atoms with E-state index in [-0.39, 0.29) is 12.8 Å². The van der Waals surface area contributed by atoms with Gasteiger partial charge in [-0.25, -0.2) is 13.6 Å². The van der Waals surface area contributed by atoms with Crippen molar-refractivity contribution in [2.75, 3.05) is 0 Å². The minimum Gasteiger partial charge on any atom is -0.446 e. The summed E-state index contributed by atoms with van der Waals surface area (Å²) in [5.74, 6) is -2.71. The van der Waals surface area contributed by atoms with Crippen LogP contribution in [0, 0.1) is 0 Å². The van der Waals surface area contributed by atoms with E-state index in [0.29, 0.717) is 6.42 Å². The van der Waals surface area contributed by atoms with Crippen molar-refractivity contribution >= 4 is 6.09 Å². The molecule has 78 valence electrons. The van der Waals surface area contributed by atoms with Crippen LogP contribution in [0.2, 0.25) is 0 Å². The highest BCUT2D eigenvalue weighted by Gasteiger charge is 2.23. The Kier molecular flexibility index (Phi) is 4.66. The number of carbonyl (C=O) groups is 1. The second-order valence-corrected chi connectivity index (χ2v) is 3.08. The first kappa shape index (κ1) is 12.1. The van der Waals surface area contributed by atoms with Crippen molar-refractivity contribution < 1.29 is 18.3 Å². The molecule has 5 heteroatoms. The molecule has 1 amide bonds. The lowest BCUT2D eigenvalue weighted by molar-refractivity contribution is -0.00464. The smallest absolute Gasteiger partial charge is 0.404 e. The zero-order valence-electron chi connectivity index (χ0n) is 7.85. The lowest BCUT2D eigenvalue weighted by Crippen LogP contribution is -2.24. The van der Waals surface area contributed by atoms with E-state index >= 15 is 0 Å². The summed E-state index contributed by atoms with van der Waals surface area (Å²) in [5, 5.41) is 0. The van der Waals surface area contributed by atoms with Crippen LogP contribution >= 0.6 is 0 Å². The van der Waals surface area contributed by atoms with E-state index in [4.69, 9.17) is 5.73 Å². The number of halogens is 2. The van der Waals surface area contributed by atoms with Crippen LogP contribution in [0.5, 0.6) is 0 Å². The molecule has 0 radical (unpaired) electrons. The second-order valence-electron chi connectivity index (χ2n) is 3.08. The summed E-state index contributed by atoms with van der Waals surface area (Å²) < 4.78 is 29.4. The SMILES string of the molecule is CCC(CCC(C)(F)F)OC(N)=O. The van der Waals surface area contributed by atoms with Crippen molar-refractivity contribution in [3.8, 4) is 0 Å². The van der Waals surface area contributed by atoms with Crippen LogP contribution in [0.1, 0.15) is 33.1 Å². The van der Waals surface area contributed by atoms with Gasteiger partial charge in [0.05, 0.1) is 0 Å². The van der Waals surface area contributed by atoms with Crippen molar-refractivity contribution in [1.82, 2.24) is 0 Å². The third kappa shape index (κ3) is 7.49. The molecule has 0 saturated carbocycles. The van der Waals surface area contributed by atoms with Crippen LogP contribution in [-0.4, -0.2) is 18.1 Å². The first-order chi connectivity index (χ1) is 5.85. The van der Waals surface area contributed by atoms with Gasteiger partial charge in [0, 0.05) is 6.42 Å². The number of hydrogen-bond acceptors (Lipinski definition) is 2. The average molecular weight is 195 g/mol. The van der Waals surface area contributed by atoms with Crippen molar-refractivity contribution in [3.63, 3.8) is 0 Å². The summed E-state index contributed by atoms with van der Waals surface area (Å²) in [7, 11) is 0. The highest BCUT2D eigenvalue weighted by Crippen LogP contribution is 2.21. The van der Waals surface area contributed by atoms with Crippen molar-refractivity contribution in [3.05, 3.63) is 0 Å². The number of hydrogen-bond donors (Lipinski definition) is 1. The number of amides is 1. The maximum Gasteiger partial charge on any atom is 0.404 e. The van der Waals surface area contributed by atoms with Crippen LogP contribution in [0.15, 0.2) is 0 Å². The van der Waals surface area contributed by atoms with E-state index in [1.807, 2.05) is 0 Å². The van der Waals surface area contributed by atoms with Gasteiger partial charge >= 0.3 is 6.09 Å². The summed E-state index contributed by atoms with van der Waals surface area (Å²) in [6.45, 7) is 2.59. The molecule has 0 spiro atoms. The number of ether oxygens (including phenoxy) is 1. The molecule has 3 nitrogen and oxygen atoms in total. The lowest BCUT2D eigenvalue weighted by Gasteiger charge is -2.16. The van der Waals surface area contributed by atoms with E-state index in [9.17, 15) is 13.6 Å². The maximum absolute atomic E-state index is 12.4. The van der Waals surface area contributed by atoms with E-state index in [1.165, 1.54) is 0 Å². The highest BCUT2D eigenvalue weighted by molar-refractivity contribution is 5.64. The molecule has 0 aliphatic rings. The average Bonchev–Trinajstić information content (AvgIpc) is 1.95. The first-order valence-corrected chi connectivity index (χ1v) is 4.19. The topological polar surface area (TPSA) is 52.3 Å². The van der Waals surface area contributed by atoms with Crippen LogP contribution < -0.4 is 5.73 Å². The molecule has 0 bridgehead atoms. The Bertz CT molecular complexity index is 168. The summed E-state index contributed by atoms with van der Waals surface area (Å²) >= 11 is 0. The zero-order valence-corrected chi connectivity index (χ0v) is 7.85. The molecule has 0 fully saturated rings. The lowest BCUT2D eigenvalue weighted by atomic mass is 10.1. The van der Waals surface area contributed by atoms with Crippen LogP contribution in [-0.2, 0) is 4.74 Å². The Hall–Kier alpha value is -0.870. The van der Waals surface area contributed by atoms with Gasteiger partial charge in [-0.2, -0.15) is 0 Å². The molecule has 1 unspecified atom stereocenters. The monoisotopic (exact) mass is 195 g/mol. The Balaban J connectivity index is 3.79. The van der Waals surface area contributed by atoms with Crippen molar-refractivity contribution in [1.29, 1.82) is 0 Å². The molecule has 0 saturated heterocycles. The molecule has 0 aromatic heterocycles. The Morgan fingerprint density at radius 1 is 1.62 bits per heavy atom. The molecule has 1 atom stereocenters. The fourth-order valence-corrected chi connectivity index (χ4v) is 0.925. The predicted octanol–water partition coefficient (Wildman–Crippen LogP) is 2.30. The normalized spacial score (nSPS) is 13.8. The molecule has 0 rings (SSSR count). The second kappa shape index (κ2) is 4.99. The standard InChI is InChI=1S/C8H15F2NO2/c1-3-6(13-7(11)12)4-5-8(2,9)10/h6H,3-5H2,1-2H3,(H2,11,12). The van der Waals surface area contributed by atoms with Gasteiger partial charge in [0.15, 0.2) is 0 Å². The first-order valence-electron chi connectivity index (χ1n) is 4.19. The Labute approximate surface area is 76.2 Å². The van der Waals surface area contributed by atoms with Crippen LogP contribution in [0.25, 0.3) is 0 Å². The zero-order chi connectivity index (χ0) is 10.5. The predicted molar refractivity (Wildman–Crippen MR) is 44.6 cm³/mol. The maximum atomic E-state index is 12.4. The van der Waals surface area contributed by atoms with Crippen molar-refractivity contribution in [2.45, 2.75) is 45.1 Å². The number of alkyl halides is 2. The van der Waals surface area contributed by atoms with Gasteiger partial charge in [0.2, 0.25) is 5.92 Å². The highest BCUT2D eigenvalue weighted by atomic mass is 19.3. The minimum absolute atomic E-state index is 0.142. The van der Waals surface area contributed by atoms with E-state index in [2.05, 4.69) is 4.74 Å². The molecular formula is C8H15F2NO2. The van der Waals surface area contributed by atoms with Crippen LogP contribution in [0.4, 0.5) is 13.6 Å². The summed E-state index contributed by atoms with van der Waals surface area (Å²) in [6.07, 6.45) is -1.06. The van der Waals surface area contributed by atoms with Gasteiger partial charge in [-0.05, 0) is 19.8 Å². The number of primary amides is 1. The fraction of sp³-hybridized carbons (Fsp3) is 0.875. The molecular weight excluding hydrogens is 180 g/mol. The number of nitrogens with two attached hydrogens (primary N) is 1.